The van der Waals surface area contributed by atoms with Crippen molar-refractivity contribution < 1.29 is 0 Å². The summed E-state index contributed by atoms with van der Waals surface area (Å²) in [4.78, 5) is 10.6. The Kier molecular flexibility index (Phi) is 4.46. The van der Waals surface area contributed by atoms with E-state index in [0.717, 1.165) is 18.1 Å². The maximum absolute atomic E-state index is 6.05. The molecule has 0 fully saturated rings. The summed E-state index contributed by atoms with van der Waals surface area (Å²) < 4.78 is 1.81. The Hall–Kier alpha value is -2.24. The van der Waals surface area contributed by atoms with E-state index < -0.39 is 0 Å². The van der Waals surface area contributed by atoms with E-state index in [0.29, 0.717) is 11.6 Å². The van der Waals surface area contributed by atoms with Crippen LogP contribution in [0.3, 0.4) is 0 Å². The lowest BCUT2D eigenvalue weighted by Crippen LogP contribution is -2.20. The average molecular weight is 314 g/mol. The minimum Gasteiger partial charge on any atom is -0.295 e. The lowest BCUT2D eigenvalue weighted by atomic mass is 10.2. The molecule has 3 rings (SSSR count). The molecule has 0 radical (unpaired) electrons. The van der Waals surface area contributed by atoms with Gasteiger partial charge in [-0.3, -0.25) is 9.88 Å². The van der Waals surface area contributed by atoms with E-state index in [1.807, 2.05) is 41.1 Å². The number of benzene rings is 1. The first-order chi connectivity index (χ1) is 10.7. The highest BCUT2D eigenvalue weighted by Gasteiger charge is 2.10. The zero-order chi connectivity index (χ0) is 15.4. The van der Waals surface area contributed by atoms with Gasteiger partial charge in [0.1, 0.15) is 12.2 Å². The quantitative estimate of drug-likeness (QED) is 0.726. The van der Waals surface area contributed by atoms with E-state index in [1.54, 1.807) is 18.7 Å². The van der Waals surface area contributed by atoms with Gasteiger partial charge < -0.3 is 0 Å². The molecule has 6 heteroatoms. The molecule has 2 aromatic heterocycles. The maximum atomic E-state index is 6.05. The Morgan fingerprint density at radius 2 is 1.95 bits per heavy atom. The van der Waals surface area contributed by atoms with Crippen LogP contribution in [0.4, 0.5) is 0 Å². The van der Waals surface area contributed by atoms with E-state index in [4.69, 9.17) is 11.6 Å². The molecule has 0 N–H and O–H groups in total. The SMILES string of the molecule is CN(Cc1ccncc1)Cc1ncnn1-c1cccc(Cl)c1. The second kappa shape index (κ2) is 6.68. The molecule has 0 aliphatic carbocycles. The molecule has 0 saturated heterocycles. The summed E-state index contributed by atoms with van der Waals surface area (Å²) in [5.74, 6) is 0.874. The second-order valence-corrected chi connectivity index (χ2v) is 5.53. The van der Waals surface area contributed by atoms with Crippen LogP contribution in [0.25, 0.3) is 5.69 Å². The molecule has 5 nitrogen and oxygen atoms in total. The van der Waals surface area contributed by atoms with E-state index in [-0.39, 0.29) is 0 Å². The molecule has 3 aromatic rings. The highest BCUT2D eigenvalue weighted by molar-refractivity contribution is 6.30. The van der Waals surface area contributed by atoms with Crippen LogP contribution in [0.15, 0.2) is 55.1 Å². The van der Waals surface area contributed by atoms with Gasteiger partial charge in [-0.05, 0) is 42.9 Å². The van der Waals surface area contributed by atoms with Crippen molar-refractivity contribution in [1.29, 1.82) is 0 Å². The van der Waals surface area contributed by atoms with Gasteiger partial charge in [0.05, 0.1) is 12.2 Å². The van der Waals surface area contributed by atoms with E-state index in [9.17, 15) is 0 Å². The molecular formula is C16H16ClN5. The fourth-order valence-electron chi connectivity index (χ4n) is 2.29. The molecular weight excluding hydrogens is 298 g/mol. The summed E-state index contributed by atoms with van der Waals surface area (Å²) >= 11 is 6.05. The highest BCUT2D eigenvalue weighted by atomic mass is 35.5. The summed E-state index contributed by atoms with van der Waals surface area (Å²) in [7, 11) is 2.05. The van der Waals surface area contributed by atoms with Crippen molar-refractivity contribution in [2.75, 3.05) is 7.05 Å². The number of aromatic nitrogens is 4. The lowest BCUT2D eigenvalue weighted by Gasteiger charge is -2.16. The van der Waals surface area contributed by atoms with Gasteiger partial charge in [0.25, 0.3) is 0 Å². The molecule has 0 saturated carbocycles. The van der Waals surface area contributed by atoms with Crippen LogP contribution in [0.1, 0.15) is 11.4 Å². The molecule has 22 heavy (non-hydrogen) atoms. The van der Waals surface area contributed by atoms with E-state index in [1.165, 1.54) is 5.56 Å². The Balaban J connectivity index is 1.75. The topological polar surface area (TPSA) is 46.8 Å². The molecule has 2 heterocycles. The normalized spacial score (nSPS) is 11.0. The number of hydrogen-bond acceptors (Lipinski definition) is 4. The van der Waals surface area contributed by atoms with Gasteiger partial charge in [-0.25, -0.2) is 9.67 Å². The van der Waals surface area contributed by atoms with Crippen molar-refractivity contribution >= 4 is 11.6 Å². The minimum atomic E-state index is 0.684. The minimum absolute atomic E-state index is 0.684. The molecule has 1 aromatic carbocycles. The number of nitrogens with zero attached hydrogens (tertiary/aromatic N) is 5. The number of pyridine rings is 1. The number of rotatable bonds is 5. The van der Waals surface area contributed by atoms with Gasteiger partial charge >= 0.3 is 0 Å². The summed E-state index contributed by atoms with van der Waals surface area (Å²) in [6.45, 7) is 1.51. The molecule has 112 valence electrons. The van der Waals surface area contributed by atoms with Gasteiger partial charge in [-0.15, -0.1) is 0 Å². The smallest absolute Gasteiger partial charge is 0.146 e. The van der Waals surface area contributed by atoms with Crippen LogP contribution in [0, 0.1) is 0 Å². The van der Waals surface area contributed by atoms with Crippen LogP contribution in [-0.4, -0.2) is 31.7 Å². The van der Waals surface area contributed by atoms with Crippen LogP contribution >= 0.6 is 11.6 Å². The van der Waals surface area contributed by atoms with Gasteiger partial charge in [0.2, 0.25) is 0 Å². The summed E-state index contributed by atoms with van der Waals surface area (Å²) in [5, 5.41) is 4.98. The third-order valence-electron chi connectivity index (χ3n) is 3.28. The van der Waals surface area contributed by atoms with Gasteiger partial charge in [-0.2, -0.15) is 5.10 Å². The van der Waals surface area contributed by atoms with Crippen molar-refractivity contribution in [3.63, 3.8) is 0 Å². The zero-order valence-electron chi connectivity index (χ0n) is 12.2. The lowest BCUT2D eigenvalue weighted by molar-refractivity contribution is 0.307. The average Bonchev–Trinajstić information content (AvgIpc) is 2.96. The van der Waals surface area contributed by atoms with Crippen molar-refractivity contribution in [3.8, 4) is 5.69 Å². The van der Waals surface area contributed by atoms with Gasteiger partial charge in [0.15, 0.2) is 0 Å². The predicted octanol–water partition coefficient (Wildman–Crippen LogP) is 2.95. The Morgan fingerprint density at radius 3 is 2.73 bits per heavy atom. The van der Waals surface area contributed by atoms with Crippen LogP contribution in [-0.2, 0) is 13.1 Å². The van der Waals surface area contributed by atoms with E-state index >= 15 is 0 Å². The molecule has 0 aliphatic heterocycles. The van der Waals surface area contributed by atoms with Crippen LogP contribution in [0.5, 0.6) is 0 Å². The van der Waals surface area contributed by atoms with E-state index in [2.05, 4.69) is 27.0 Å². The third-order valence-corrected chi connectivity index (χ3v) is 3.52. The first kappa shape index (κ1) is 14.7. The number of halogens is 1. The second-order valence-electron chi connectivity index (χ2n) is 5.10. The Morgan fingerprint density at radius 1 is 1.14 bits per heavy atom. The molecule has 0 spiro atoms. The van der Waals surface area contributed by atoms with Crippen LogP contribution in [0.2, 0.25) is 5.02 Å². The summed E-state index contributed by atoms with van der Waals surface area (Å²) in [6, 6.07) is 11.6. The molecule has 0 aliphatic rings. The van der Waals surface area contributed by atoms with Crippen molar-refractivity contribution in [2.24, 2.45) is 0 Å². The first-order valence-corrected chi connectivity index (χ1v) is 7.32. The third kappa shape index (κ3) is 3.50. The van der Waals surface area contributed by atoms with Crippen molar-refractivity contribution in [3.05, 3.63) is 71.5 Å². The van der Waals surface area contributed by atoms with Gasteiger partial charge in [-0.1, -0.05) is 17.7 Å². The van der Waals surface area contributed by atoms with Gasteiger partial charge in [0, 0.05) is 24.0 Å². The number of hydrogen-bond donors (Lipinski definition) is 0. The summed E-state index contributed by atoms with van der Waals surface area (Å²) in [6.07, 6.45) is 5.17. The first-order valence-electron chi connectivity index (χ1n) is 6.94. The summed E-state index contributed by atoms with van der Waals surface area (Å²) in [5.41, 5.74) is 2.13. The molecule has 0 bridgehead atoms. The fraction of sp³-hybridized carbons (Fsp3) is 0.188. The van der Waals surface area contributed by atoms with Crippen LogP contribution < -0.4 is 0 Å². The predicted molar refractivity (Wildman–Crippen MR) is 85.8 cm³/mol. The van der Waals surface area contributed by atoms with Crippen molar-refractivity contribution in [2.45, 2.75) is 13.1 Å². The molecule has 0 amide bonds. The van der Waals surface area contributed by atoms with Crippen molar-refractivity contribution in [1.82, 2.24) is 24.6 Å². The largest absolute Gasteiger partial charge is 0.295 e. The fourth-order valence-corrected chi connectivity index (χ4v) is 2.48. The molecule has 0 unspecified atom stereocenters. The highest BCUT2D eigenvalue weighted by Crippen LogP contribution is 2.16. The standard InChI is InChI=1S/C16H16ClN5/c1-21(10-13-5-7-18-8-6-13)11-16-19-12-20-22(16)15-4-2-3-14(17)9-15/h2-9,12H,10-11H2,1H3. The maximum Gasteiger partial charge on any atom is 0.146 e. The molecule has 0 atom stereocenters. The zero-order valence-corrected chi connectivity index (χ0v) is 13.0. The monoisotopic (exact) mass is 313 g/mol. The Bertz CT molecular complexity index is 741. The Labute approximate surface area is 134 Å².